The lowest BCUT2D eigenvalue weighted by Crippen LogP contribution is -2.27. The van der Waals surface area contributed by atoms with Crippen molar-refractivity contribution in [3.8, 4) is 11.5 Å². The third kappa shape index (κ3) is 3.76. The van der Waals surface area contributed by atoms with Gasteiger partial charge in [-0.05, 0) is 26.2 Å². The van der Waals surface area contributed by atoms with E-state index in [1.165, 1.54) is 0 Å². The Balaban J connectivity index is 2.05. The van der Waals surface area contributed by atoms with E-state index in [-0.39, 0.29) is 0 Å². The maximum absolute atomic E-state index is 6.10. The Hall–Kier alpha value is -1.43. The molecular formula is C13H17ClN4O. The molecule has 1 N–H and O–H groups in total. The molecule has 0 fully saturated rings. The van der Waals surface area contributed by atoms with Gasteiger partial charge >= 0.3 is 0 Å². The number of halogens is 1. The van der Waals surface area contributed by atoms with E-state index in [9.17, 15) is 0 Å². The topological polar surface area (TPSA) is 54.2 Å². The van der Waals surface area contributed by atoms with E-state index in [0.717, 1.165) is 18.7 Å². The van der Waals surface area contributed by atoms with Crippen LogP contribution in [0.3, 0.4) is 0 Å². The molecule has 0 aliphatic carbocycles. The minimum Gasteiger partial charge on any atom is -0.419 e. The Morgan fingerprint density at radius 2 is 2.11 bits per heavy atom. The summed E-state index contributed by atoms with van der Waals surface area (Å²) < 4.78 is 5.63. The molecule has 0 aliphatic rings. The summed E-state index contributed by atoms with van der Waals surface area (Å²) in [5, 5.41) is 11.8. The van der Waals surface area contributed by atoms with Crippen molar-refractivity contribution in [1.82, 2.24) is 20.4 Å². The molecule has 6 heteroatoms. The molecule has 0 radical (unpaired) electrons. The number of rotatable bonds is 6. The predicted octanol–water partition coefficient (Wildman–Crippen LogP) is 2.04. The average molecular weight is 281 g/mol. The molecule has 0 amide bonds. The quantitative estimate of drug-likeness (QED) is 0.878. The molecule has 0 spiro atoms. The zero-order valence-corrected chi connectivity index (χ0v) is 11.8. The normalized spacial score (nSPS) is 11.2. The van der Waals surface area contributed by atoms with E-state index >= 15 is 0 Å². The Kier molecular flexibility index (Phi) is 4.90. The second-order valence-corrected chi connectivity index (χ2v) is 4.73. The first kappa shape index (κ1) is 14.0. The van der Waals surface area contributed by atoms with Crippen molar-refractivity contribution in [2.75, 3.05) is 27.2 Å². The molecule has 1 heterocycles. The summed E-state index contributed by atoms with van der Waals surface area (Å²) in [6.07, 6.45) is 0. The number of aromatic nitrogens is 2. The molecule has 0 aliphatic heterocycles. The molecule has 102 valence electrons. The van der Waals surface area contributed by atoms with Gasteiger partial charge in [-0.2, -0.15) is 0 Å². The van der Waals surface area contributed by atoms with Crippen LogP contribution in [-0.4, -0.2) is 42.3 Å². The van der Waals surface area contributed by atoms with Gasteiger partial charge < -0.3 is 9.73 Å². The second kappa shape index (κ2) is 6.65. The third-order valence-electron chi connectivity index (χ3n) is 2.72. The van der Waals surface area contributed by atoms with Gasteiger partial charge in [0.2, 0.25) is 11.8 Å². The van der Waals surface area contributed by atoms with Crippen molar-refractivity contribution in [2.24, 2.45) is 0 Å². The highest BCUT2D eigenvalue weighted by Crippen LogP contribution is 2.26. The highest BCUT2D eigenvalue weighted by atomic mass is 35.5. The molecular weight excluding hydrogens is 264 g/mol. The number of benzene rings is 1. The summed E-state index contributed by atoms with van der Waals surface area (Å²) in [5.41, 5.74) is 0.765. The molecule has 0 saturated carbocycles. The number of hydrogen-bond acceptors (Lipinski definition) is 5. The lowest BCUT2D eigenvalue weighted by atomic mass is 10.2. The highest BCUT2D eigenvalue weighted by molar-refractivity contribution is 6.33. The van der Waals surface area contributed by atoms with Crippen molar-refractivity contribution in [3.63, 3.8) is 0 Å². The van der Waals surface area contributed by atoms with E-state index in [4.69, 9.17) is 16.0 Å². The Morgan fingerprint density at radius 3 is 2.84 bits per heavy atom. The molecule has 5 nitrogen and oxygen atoms in total. The van der Waals surface area contributed by atoms with Gasteiger partial charge in [-0.1, -0.05) is 23.7 Å². The van der Waals surface area contributed by atoms with E-state index in [0.29, 0.717) is 23.3 Å². The van der Waals surface area contributed by atoms with Crippen LogP contribution < -0.4 is 5.32 Å². The summed E-state index contributed by atoms with van der Waals surface area (Å²) >= 11 is 6.10. The Morgan fingerprint density at radius 1 is 1.32 bits per heavy atom. The van der Waals surface area contributed by atoms with Gasteiger partial charge in [-0.3, -0.25) is 4.90 Å². The predicted molar refractivity (Wildman–Crippen MR) is 75.0 cm³/mol. The Labute approximate surface area is 117 Å². The maximum atomic E-state index is 6.10. The zero-order valence-electron chi connectivity index (χ0n) is 11.1. The first-order valence-electron chi connectivity index (χ1n) is 6.11. The molecule has 1 aromatic heterocycles. The summed E-state index contributed by atoms with van der Waals surface area (Å²) in [6, 6.07) is 7.43. The van der Waals surface area contributed by atoms with Crippen LogP contribution in [0.4, 0.5) is 0 Å². The first-order chi connectivity index (χ1) is 9.20. The van der Waals surface area contributed by atoms with Gasteiger partial charge in [0.25, 0.3) is 0 Å². The summed E-state index contributed by atoms with van der Waals surface area (Å²) in [7, 11) is 3.94. The van der Waals surface area contributed by atoms with Crippen molar-refractivity contribution < 1.29 is 4.42 Å². The molecule has 19 heavy (non-hydrogen) atoms. The van der Waals surface area contributed by atoms with Crippen LogP contribution in [0.1, 0.15) is 5.89 Å². The smallest absolute Gasteiger partial charge is 0.249 e. The number of nitrogens with one attached hydrogen (secondary N) is 1. The minimum atomic E-state index is 0.461. The SMILES string of the molecule is CNCCN(C)Cc1nnc(-c2ccccc2Cl)o1. The number of hydrogen-bond donors (Lipinski definition) is 1. The molecule has 0 saturated heterocycles. The van der Waals surface area contributed by atoms with Gasteiger partial charge in [-0.15, -0.1) is 10.2 Å². The van der Waals surface area contributed by atoms with Crippen LogP contribution in [0, 0.1) is 0 Å². The fourth-order valence-corrected chi connectivity index (χ4v) is 1.89. The Bertz CT molecular complexity index is 529. The van der Waals surface area contributed by atoms with Gasteiger partial charge in [0, 0.05) is 13.1 Å². The van der Waals surface area contributed by atoms with Crippen molar-refractivity contribution in [3.05, 3.63) is 35.2 Å². The minimum absolute atomic E-state index is 0.461. The van der Waals surface area contributed by atoms with E-state index < -0.39 is 0 Å². The molecule has 0 unspecified atom stereocenters. The van der Waals surface area contributed by atoms with Crippen LogP contribution in [0.5, 0.6) is 0 Å². The summed E-state index contributed by atoms with van der Waals surface area (Å²) in [5.74, 6) is 1.05. The number of nitrogens with zero attached hydrogens (tertiary/aromatic N) is 3. The van der Waals surface area contributed by atoms with Crippen LogP contribution in [0.15, 0.2) is 28.7 Å². The van der Waals surface area contributed by atoms with Crippen LogP contribution in [0.2, 0.25) is 5.02 Å². The van der Waals surface area contributed by atoms with Crippen LogP contribution >= 0.6 is 11.6 Å². The fourth-order valence-electron chi connectivity index (χ4n) is 1.67. The maximum Gasteiger partial charge on any atom is 0.249 e. The lowest BCUT2D eigenvalue weighted by molar-refractivity contribution is 0.291. The van der Waals surface area contributed by atoms with Crippen LogP contribution in [-0.2, 0) is 6.54 Å². The van der Waals surface area contributed by atoms with Gasteiger partial charge in [0.15, 0.2) is 0 Å². The van der Waals surface area contributed by atoms with E-state index in [1.807, 2.05) is 32.3 Å². The van der Waals surface area contributed by atoms with Crippen molar-refractivity contribution >= 4 is 11.6 Å². The second-order valence-electron chi connectivity index (χ2n) is 4.32. The fraction of sp³-hybridized carbons (Fsp3) is 0.385. The van der Waals surface area contributed by atoms with Crippen molar-refractivity contribution in [2.45, 2.75) is 6.54 Å². The van der Waals surface area contributed by atoms with Crippen LogP contribution in [0.25, 0.3) is 11.5 Å². The van der Waals surface area contributed by atoms with Gasteiger partial charge in [0.1, 0.15) is 0 Å². The molecule has 2 aromatic rings. The third-order valence-corrected chi connectivity index (χ3v) is 3.05. The highest BCUT2D eigenvalue weighted by Gasteiger charge is 2.12. The van der Waals surface area contributed by atoms with Crippen molar-refractivity contribution in [1.29, 1.82) is 0 Å². The van der Waals surface area contributed by atoms with Gasteiger partial charge in [-0.25, -0.2) is 0 Å². The standard InChI is InChI=1S/C13H17ClN4O/c1-15-7-8-18(2)9-12-16-17-13(19-12)10-5-3-4-6-11(10)14/h3-6,15H,7-9H2,1-2H3. The average Bonchev–Trinajstić information content (AvgIpc) is 2.85. The van der Waals surface area contributed by atoms with E-state index in [1.54, 1.807) is 6.07 Å². The monoisotopic (exact) mass is 280 g/mol. The molecule has 1 aromatic carbocycles. The molecule has 0 atom stereocenters. The molecule has 0 bridgehead atoms. The van der Waals surface area contributed by atoms with E-state index in [2.05, 4.69) is 20.4 Å². The largest absolute Gasteiger partial charge is 0.419 e. The first-order valence-corrected chi connectivity index (χ1v) is 6.49. The number of likely N-dealkylation sites (N-methyl/N-ethyl adjacent to an activating group) is 2. The summed E-state index contributed by atoms with van der Waals surface area (Å²) in [6.45, 7) is 2.46. The lowest BCUT2D eigenvalue weighted by Gasteiger charge is -2.13. The molecule has 2 rings (SSSR count). The zero-order chi connectivity index (χ0) is 13.7. The summed E-state index contributed by atoms with van der Waals surface area (Å²) in [4.78, 5) is 2.11. The van der Waals surface area contributed by atoms with Gasteiger partial charge in [0.05, 0.1) is 17.1 Å².